The summed E-state index contributed by atoms with van der Waals surface area (Å²) in [7, 11) is 0. The van der Waals surface area contributed by atoms with Crippen molar-refractivity contribution < 1.29 is 14.7 Å². The number of nitrogens with one attached hydrogen (secondary N) is 1. The number of aliphatic carboxylic acids is 1. The van der Waals surface area contributed by atoms with Crippen molar-refractivity contribution in [3.05, 3.63) is 35.4 Å². The van der Waals surface area contributed by atoms with Crippen molar-refractivity contribution in [3.63, 3.8) is 0 Å². The molecule has 0 saturated heterocycles. The molecule has 0 bridgehead atoms. The molecule has 0 aromatic heterocycles. The summed E-state index contributed by atoms with van der Waals surface area (Å²) < 4.78 is 0. The second-order valence-electron chi connectivity index (χ2n) is 6.91. The van der Waals surface area contributed by atoms with E-state index in [0.29, 0.717) is 25.4 Å². The molecule has 2 N–H and O–H groups in total. The third-order valence-corrected chi connectivity index (χ3v) is 4.41. The summed E-state index contributed by atoms with van der Waals surface area (Å²) in [6.07, 6.45) is 2.34. The largest absolute Gasteiger partial charge is 0.481 e. The van der Waals surface area contributed by atoms with Gasteiger partial charge in [0, 0.05) is 19.5 Å². The highest BCUT2D eigenvalue weighted by Crippen LogP contribution is 2.20. The fourth-order valence-corrected chi connectivity index (χ4v) is 3.16. The zero-order valence-corrected chi connectivity index (χ0v) is 14.6. The Labute approximate surface area is 144 Å². The zero-order chi connectivity index (χ0) is 17.5. The van der Waals surface area contributed by atoms with E-state index in [1.165, 1.54) is 11.1 Å². The number of rotatable bonds is 8. The van der Waals surface area contributed by atoms with Crippen LogP contribution >= 0.6 is 0 Å². The number of nitrogens with zero attached hydrogens (tertiary/aromatic N) is 1. The van der Waals surface area contributed by atoms with Gasteiger partial charge in [0.05, 0.1) is 6.04 Å². The topological polar surface area (TPSA) is 69.6 Å². The van der Waals surface area contributed by atoms with Gasteiger partial charge in [0.2, 0.25) is 5.91 Å². The van der Waals surface area contributed by atoms with Gasteiger partial charge in [-0.15, -0.1) is 0 Å². The first kappa shape index (κ1) is 18.5. The molecular formula is C19H28N2O3. The molecule has 0 unspecified atom stereocenters. The summed E-state index contributed by atoms with van der Waals surface area (Å²) in [5.74, 6) is -0.257. The molecule has 132 valence electrons. The van der Waals surface area contributed by atoms with Gasteiger partial charge in [0.1, 0.15) is 0 Å². The van der Waals surface area contributed by atoms with E-state index in [-0.39, 0.29) is 18.4 Å². The summed E-state index contributed by atoms with van der Waals surface area (Å²) in [4.78, 5) is 25.5. The molecule has 0 radical (unpaired) electrons. The molecule has 1 atom stereocenters. The number of carboxylic acid groups (broad SMARTS) is 1. The number of hydrogen-bond acceptors (Lipinski definition) is 3. The summed E-state index contributed by atoms with van der Waals surface area (Å²) in [6.45, 7) is 6.18. The van der Waals surface area contributed by atoms with Crippen LogP contribution in [0.15, 0.2) is 24.3 Å². The van der Waals surface area contributed by atoms with Crippen molar-refractivity contribution in [1.29, 1.82) is 0 Å². The van der Waals surface area contributed by atoms with Gasteiger partial charge in [-0.1, -0.05) is 38.1 Å². The van der Waals surface area contributed by atoms with E-state index in [1.54, 1.807) is 0 Å². The van der Waals surface area contributed by atoms with E-state index >= 15 is 0 Å². The Balaban J connectivity index is 1.95. The molecule has 1 aromatic rings. The minimum absolute atomic E-state index is 0.132. The number of carboxylic acids is 1. The fourth-order valence-electron chi connectivity index (χ4n) is 3.16. The third-order valence-electron chi connectivity index (χ3n) is 4.41. The van der Waals surface area contributed by atoms with Crippen LogP contribution in [-0.2, 0) is 22.6 Å². The average Bonchev–Trinajstić information content (AvgIpc) is 2.56. The minimum Gasteiger partial charge on any atom is -0.481 e. The second-order valence-corrected chi connectivity index (χ2v) is 6.91. The van der Waals surface area contributed by atoms with Crippen LogP contribution in [0.25, 0.3) is 0 Å². The molecule has 5 heteroatoms. The Bertz CT molecular complexity index is 571. The molecule has 2 rings (SSSR count). The number of carbonyl (C=O) groups is 2. The first-order chi connectivity index (χ1) is 11.5. The quantitative estimate of drug-likeness (QED) is 0.718. The van der Waals surface area contributed by atoms with Gasteiger partial charge in [0.15, 0.2) is 0 Å². The molecule has 1 aromatic carbocycles. The minimum atomic E-state index is -0.795. The molecule has 1 aliphatic heterocycles. The predicted molar refractivity (Wildman–Crippen MR) is 93.7 cm³/mol. The first-order valence-electron chi connectivity index (χ1n) is 8.78. The monoisotopic (exact) mass is 332 g/mol. The van der Waals surface area contributed by atoms with E-state index in [9.17, 15) is 9.59 Å². The highest BCUT2D eigenvalue weighted by Gasteiger charge is 2.27. The normalized spacial score (nSPS) is 15.2. The van der Waals surface area contributed by atoms with Gasteiger partial charge in [0.25, 0.3) is 0 Å². The van der Waals surface area contributed by atoms with Gasteiger partial charge in [-0.25, -0.2) is 0 Å². The van der Waals surface area contributed by atoms with Gasteiger partial charge < -0.3 is 15.3 Å². The van der Waals surface area contributed by atoms with Crippen LogP contribution in [0.3, 0.4) is 0 Å². The Morgan fingerprint density at radius 3 is 2.62 bits per heavy atom. The lowest BCUT2D eigenvalue weighted by Gasteiger charge is -2.32. The molecule has 1 amide bonds. The van der Waals surface area contributed by atoms with E-state index in [0.717, 1.165) is 19.4 Å². The van der Waals surface area contributed by atoms with Gasteiger partial charge in [-0.3, -0.25) is 9.59 Å². The highest BCUT2D eigenvalue weighted by molar-refractivity contribution is 5.82. The van der Waals surface area contributed by atoms with Crippen LogP contribution in [-0.4, -0.2) is 41.0 Å². The lowest BCUT2D eigenvalue weighted by atomic mass is 9.97. The van der Waals surface area contributed by atoms with Crippen LogP contribution in [0, 0.1) is 5.92 Å². The number of amides is 1. The predicted octanol–water partition coefficient (Wildman–Crippen LogP) is 2.44. The van der Waals surface area contributed by atoms with Crippen LogP contribution in [0.4, 0.5) is 0 Å². The fraction of sp³-hybridized carbons (Fsp3) is 0.579. The van der Waals surface area contributed by atoms with Gasteiger partial charge in [-0.05, 0) is 42.9 Å². The maximum atomic E-state index is 12.9. The molecule has 0 aliphatic carbocycles. The Hall–Kier alpha value is -1.88. The third kappa shape index (κ3) is 5.34. The van der Waals surface area contributed by atoms with Gasteiger partial charge >= 0.3 is 5.97 Å². The molecule has 1 aliphatic rings. The van der Waals surface area contributed by atoms with Crippen LogP contribution in [0.5, 0.6) is 0 Å². The van der Waals surface area contributed by atoms with Crippen molar-refractivity contribution in [2.75, 3.05) is 13.1 Å². The molecule has 24 heavy (non-hydrogen) atoms. The smallest absolute Gasteiger partial charge is 0.303 e. The molecule has 0 saturated carbocycles. The first-order valence-corrected chi connectivity index (χ1v) is 8.78. The molecule has 0 fully saturated rings. The van der Waals surface area contributed by atoms with Gasteiger partial charge in [-0.2, -0.15) is 0 Å². The lowest BCUT2D eigenvalue weighted by Crippen LogP contribution is -2.49. The maximum Gasteiger partial charge on any atom is 0.303 e. The zero-order valence-electron chi connectivity index (χ0n) is 14.6. The lowest BCUT2D eigenvalue weighted by molar-refractivity contribution is -0.137. The van der Waals surface area contributed by atoms with Crippen LogP contribution in [0.2, 0.25) is 0 Å². The van der Waals surface area contributed by atoms with Crippen molar-refractivity contribution in [2.45, 2.75) is 52.1 Å². The Kier molecular flexibility index (Phi) is 6.79. The average molecular weight is 332 g/mol. The number of hydrogen-bond donors (Lipinski definition) is 2. The summed E-state index contributed by atoms with van der Waals surface area (Å²) in [5, 5.41) is 12.0. The Morgan fingerprint density at radius 1 is 1.25 bits per heavy atom. The van der Waals surface area contributed by atoms with Crippen molar-refractivity contribution in [1.82, 2.24) is 10.2 Å². The second kappa shape index (κ2) is 8.83. The van der Waals surface area contributed by atoms with Crippen molar-refractivity contribution >= 4 is 11.9 Å². The summed E-state index contributed by atoms with van der Waals surface area (Å²) in [6, 6.07) is 8.05. The summed E-state index contributed by atoms with van der Waals surface area (Å²) in [5.41, 5.74) is 2.56. The molecule has 5 nitrogen and oxygen atoms in total. The number of carbonyl (C=O) groups excluding carboxylic acids is 1. The van der Waals surface area contributed by atoms with E-state index < -0.39 is 5.97 Å². The number of fused-ring (bicyclic) bond motifs is 1. The van der Waals surface area contributed by atoms with E-state index in [2.05, 4.69) is 31.3 Å². The molecule has 1 heterocycles. The maximum absolute atomic E-state index is 12.9. The standard InChI is InChI=1S/C19H28N2O3/c1-14(2)12-17(20-10-5-8-18(22)23)19(24)21-11-9-15-6-3-4-7-16(15)13-21/h3-4,6-7,14,17,20H,5,8-13H2,1-2H3,(H,22,23)/t17-/m0/s1. The van der Waals surface area contributed by atoms with Crippen molar-refractivity contribution in [2.24, 2.45) is 5.92 Å². The SMILES string of the molecule is CC(C)C[C@H](NCCCC(=O)O)C(=O)N1CCc2ccccc2C1. The van der Waals surface area contributed by atoms with Crippen LogP contribution in [0.1, 0.15) is 44.2 Å². The number of benzene rings is 1. The Morgan fingerprint density at radius 2 is 1.96 bits per heavy atom. The molecule has 0 spiro atoms. The van der Waals surface area contributed by atoms with Crippen LogP contribution < -0.4 is 5.32 Å². The summed E-state index contributed by atoms with van der Waals surface area (Å²) >= 11 is 0. The van der Waals surface area contributed by atoms with E-state index in [4.69, 9.17) is 5.11 Å². The highest BCUT2D eigenvalue weighted by atomic mass is 16.4. The van der Waals surface area contributed by atoms with Crippen molar-refractivity contribution in [3.8, 4) is 0 Å². The molecular weight excluding hydrogens is 304 g/mol. The van der Waals surface area contributed by atoms with E-state index in [1.807, 2.05) is 17.0 Å².